The van der Waals surface area contributed by atoms with Crippen LogP contribution in [0.15, 0.2) is 36.4 Å². The normalized spacial score (nSPS) is 16.7. The molecule has 26 heavy (non-hydrogen) atoms. The van der Waals surface area contributed by atoms with Crippen LogP contribution in [0.25, 0.3) is 0 Å². The Bertz CT molecular complexity index is 814. The number of carbonyl (C=O) groups excluding carboxylic acids is 2. The molecule has 4 nitrogen and oxygen atoms in total. The molecule has 2 aromatic rings. The Morgan fingerprint density at radius 2 is 1.92 bits per heavy atom. The van der Waals surface area contributed by atoms with Crippen molar-refractivity contribution < 1.29 is 14.3 Å². The Labute approximate surface area is 158 Å². The number of carbonyl (C=O) groups is 2. The Kier molecular flexibility index (Phi) is 5.67. The van der Waals surface area contributed by atoms with Crippen LogP contribution in [0.5, 0.6) is 11.5 Å². The third-order valence-corrected chi connectivity index (χ3v) is 5.78. The zero-order chi connectivity index (χ0) is 18.7. The minimum Gasteiger partial charge on any atom is -0.457 e. The number of thioether (sulfide) groups is 1. The average molecular weight is 369 g/mol. The number of rotatable bonds is 5. The van der Waals surface area contributed by atoms with E-state index in [1.165, 1.54) is 16.7 Å². The van der Waals surface area contributed by atoms with Crippen LogP contribution in [0, 0.1) is 13.8 Å². The van der Waals surface area contributed by atoms with Gasteiger partial charge in [-0.25, -0.2) is 0 Å². The molecule has 0 saturated heterocycles. The number of aldehydes is 1. The van der Waals surface area contributed by atoms with Gasteiger partial charge in [-0.2, -0.15) is 0 Å². The maximum atomic E-state index is 11.6. The van der Waals surface area contributed by atoms with Crippen molar-refractivity contribution in [3.05, 3.63) is 58.7 Å². The van der Waals surface area contributed by atoms with Crippen molar-refractivity contribution in [3.63, 3.8) is 0 Å². The molecule has 0 bridgehead atoms. The molecule has 1 aliphatic rings. The van der Waals surface area contributed by atoms with Crippen molar-refractivity contribution in [2.24, 2.45) is 0 Å². The molecule has 1 N–H and O–H groups in total. The zero-order valence-corrected chi connectivity index (χ0v) is 16.1. The second-order valence-electron chi connectivity index (χ2n) is 6.69. The highest BCUT2D eigenvalue weighted by molar-refractivity contribution is 8.14. The van der Waals surface area contributed by atoms with Gasteiger partial charge in [0, 0.05) is 13.0 Å². The lowest BCUT2D eigenvalue weighted by molar-refractivity contribution is -0.107. The van der Waals surface area contributed by atoms with E-state index in [0.717, 1.165) is 48.0 Å². The fraction of sp³-hybridized carbons (Fsp3) is 0.333. The maximum Gasteiger partial charge on any atom is 0.279 e. The van der Waals surface area contributed by atoms with Crippen LogP contribution in [0.1, 0.15) is 34.6 Å². The fourth-order valence-electron chi connectivity index (χ4n) is 3.55. The number of benzene rings is 2. The molecule has 0 spiro atoms. The van der Waals surface area contributed by atoms with Gasteiger partial charge in [-0.05, 0) is 73.2 Å². The lowest BCUT2D eigenvalue weighted by Crippen LogP contribution is -2.21. The average Bonchev–Trinajstić information content (AvgIpc) is 3.01. The molecule has 1 amide bonds. The molecule has 2 atom stereocenters. The van der Waals surface area contributed by atoms with E-state index in [4.69, 9.17) is 4.74 Å². The minimum atomic E-state index is -0.359. The molecule has 0 aromatic heterocycles. The summed E-state index contributed by atoms with van der Waals surface area (Å²) in [4.78, 5) is 23.1. The molecule has 1 aliphatic carbocycles. The van der Waals surface area contributed by atoms with Crippen LogP contribution >= 0.6 is 11.8 Å². The highest BCUT2D eigenvalue weighted by Crippen LogP contribution is 2.41. The van der Waals surface area contributed by atoms with Crippen molar-refractivity contribution in [2.75, 3.05) is 7.05 Å². The number of hydrogen-bond acceptors (Lipinski definition) is 4. The largest absolute Gasteiger partial charge is 0.457 e. The van der Waals surface area contributed by atoms with E-state index < -0.39 is 0 Å². The second kappa shape index (κ2) is 7.96. The minimum absolute atomic E-state index is 0.0695. The zero-order valence-electron chi connectivity index (χ0n) is 15.2. The van der Waals surface area contributed by atoms with E-state index in [2.05, 4.69) is 31.3 Å². The van der Waals surface area contributed by atoms with Crippen molar-refractivity contribution in [3.8, 4) is 11.5 Å². The fourth-order valence-corrected chi connectivity index (χ4v) is 4.41. The van der Waals surface area contributed by atoms with Crippen LogP contribution in [0.2, 0.25) is 0 Å². The first kappa shape index (κ1) is 18.5. The summed E-state index contributed by atoms with van der Waals surface area (Å²) in [6, 6.07) is 12.2. The van der Waals surface area contributed by atoms with Crippen molar-refractivity contribution in [2.45, 2.75) is 37.9 Å². The smallest absolute Gasteiger partial charge is 0.279 e. The maximum absolute atomic E-state index is 11.6. The monoisotopic (exact) mass is 369 g/mol. The Morgan fingerprint density at radius 3 is 2.58 bits per heavy atom. The number of ether oxygens (including phenoxy) is 1. The van der Waals surface area contributed by atoms with Gasteiger partial charge in [0.05, 0.1) is 5.25 Å². The molecule has 0 aliphatic heterocycles. The van der Waals surface area contributed by atoms with Gasteiger partial charge in [-0.15, -0.1) is 0 Å². The van der Waals surface area contributed by atoms with Gasteiger partial charge < -0.3 is 14.8 Å². The first-order valence-corrected chi connectivity index (χ1v) is 9.60. The second-order valence-corrected chi connectivity index (χ2v) is 7.84. The van der Waals surface area contributed by atoms with E-state index in [0.29, 0.717) is 0 Å². The highest BCUT2D eigenvalue weighted by atomic mass is 32.2. The van der Waals surface area contributed by atoms with Crippen molar-refractivity contribution in [1.29, 1.82) is 0 Å². The number of aryl methyl sites for hydroxylation is 3. The third-order valence-electron chi connectivity index (χ3n) is 4.65. The summed E-state index contributed by atoms with van der Waals surface area (Å²) < 4.78 is 6.03. The van der Waals surface area contributed by atoms with E-state index in [9.17, 15) is 9.59 Å². The predicted octanol–water partition coefficient (Wildman–Crippen LogP) is 4.77. The highest BCUT2D eigenvalue weighted by Gasteiger charge is 2.31. The Hall–Kier alpha value is -2.27. The SMILES string of the molecule is CNC(=O)SC(C=O)C1CCc2cc(Oc3cc(C)cc(C)c3)ccc21. The summed E-state index contributed by atoms with van der Waals surface area (Å²) in [6.07, 6.45) is 2.65. The van der Waals surface area contributed by atoms with Crippen LogP contribution in [-0.4, -0.2) is 23.8 Å². The molecule has 0 saturated carbocycles. The summed E-state index contributed by atoms with van der Waals surface area (Å²) in [5.74, 6) is 1.70. The van der Waals surface area contributed by atoms with E-state index in [1.807, 2.05) is 24.3 Å². The molecular formula is C21H23NO3S. The van der Waals surface area contributed by atoms with Gasteiger partial charge in [-0.3, -0.25) is 4.79 Å². The number of amides is 1. The topological polar surface area (TPSA) is 55.4 Å². The summed E-state index contributed by atoms with van der Waals surface area (Å²) in [7, 11) is 1.58. The summed E-state index contributed by atoms with van der Waals surface area (Å²) >= 11 is 1.07. The van der Waals surface area contributed by atoms with Crippen LogP contribution in [-0.2, 0) is 11.2 Å². The van der Waals surface area contributed by atoms with Gasteiger partial charge in [0.1, 0.15) is 17.8 Å². The van der Waals surface area contributed by atoms with Crippen LogP contribution < -0.4 is 10.1 Å². The predicted molar refractivity (Wildman–Crippen MR) is 105 cm³/mol. The lowest BCUT2D eigenvalue weighted by atomic mass is 9.98. The summed E-state index contributed by atoms with van der Waals surface area (Å²) in [5, 5.41) is 2.03. The molecule has 2 aromatic carbocycles. The van der Waals surface area contributed by atoms with E-state index >= 15 is 0 Å². The van der Waals surface area contributed by atoms with Gasteiger partial charge in [0.25, 0.3) is 5.24 Å². The first-order valence-electron chi connectivity index (χ1n) is 8.73. The third kappa shape index (κ3) is 4.10. The van der Waals surface area contributed by atoms with Gasteiger partial charge in [0.2, 0.25) is 0 Å². The number of nitrogens with one attached hydrogen (secondary N) is 1. The standard InChI is InChI=1S/C21H23NO3S/c1-13-8-14(2)10-17(9-13)25-16-5-7-18-15(11-16)4-6-19(18)20(12-23)26-21(24)22-3/h5,7-12,19-20H,4,6H2,1-3H3,(H,22,24). The molecule has 0 fully saturated rings. The molecule has 136 valence electrons. The summed E-state index contributed by atoms with van der Waals surface area (Å²) in [6.45, 7) is 4.10. The first-order chi connectivity index (χ1) is 12.5. The molecule has 0 radical (unpaired) electrons. The van der Waals surface area contributed by atoms with Gasteiger partial charge in [0.15, 0.2) is 0 Å². The summed E-state index contributed by atoms with van der Waals surface area (Å²) in [5.41, 5.74) is 4.68. The van der Waals surface area contributed by atoms with Crippen LogP contribution in [0.3, 0.4) is 0 Å². The molecule has 5 heteroatoms. The Balaban J connectivity index is 1.79. The molecule has 3 rings (SSSR count). The molecule has 2 unspecified atom stereocenters. The Morgan fingerprint density at radius 1 is 1.19 bits per heavy atom. The molecular weight excluding hydrogens is 346 g/mol. The van der Waals surface area contributed by atoms with Gasteiger partial charge >= 0.3 is 0 Å². The molecule has 0 heterocycles. The van der Waals surface area contributed by atoms with Crippen molar-refractivity contribution in [1.82, 2.24) is 5.32 Å². The van der Waals surface area contributed by atoms with E-state index in [-0.39, 0.29) is 16.4 Å². The lowest BCUT2D eigenvalue weighted by Gasteiger charge is -2.18. The van der Waals surface area contributed by atoms with Gasteiger partial charge in [-0.1, -0.05) is 23.9 Å². The number of hydrogen-bond donors (Lipinski definition) is 1. The van der Waals surface area contributed by atoms with E-state index in [1.54, 1.807) is 7.05 Å². The van der Waals surface area contributed by atoms with Crippen LogP contribution in [0.4, 0.5) is 4.79 Å². The quantitative estimate of drug-likeness (QED) is 0.772. The van der Waals surface area contributed by atoms with Crippen molar-refractivity contribution >= 4 is 23.3 Å². The number of fused-ring (bicyclic) bond motifs is 1.